The van der Waals surface area contributed by atoms with Crippen LogP contribution in [-0.2, 0) is 14.8 Å². The third kappa shape index (κ3) is 2.51. The summed E-state index contributed by atoms with van der Waals surface area (Å²) >= 11 is 0. The van der Waals surface area contributed by atoms with Crippen LogP contribution in [0, 0.1) is 0 Å². The minimum atomic E-state index is -3.50. The molecule has 1 atom stereocenters. The standard InChI is InChI=1S/C14H18N2O4S/c1-20-12-3-5-13(6-4-12)21(18,19)15-8-9-16-11(10-15)2-7-14(16)17/h3-6,11H,2,7-10H2,1H3. The molecule has 1 aromatic carbocycles. The number of nitrogens with zero attached hydrogens (tertiary/aromatic N) is 2. The normalized spacial score (nSPS) is 23.2. The van der Waals surface area contributed by atoms with E-state index in [1.165, 1.54) is 4.31 Å². The summed E-state index contributed by atoms with van der Waals surface area (Å²) in [5.41, 5.74) is 0. The third-order valence-electron chi connectivity index (χ3n) is 4.15. The second-order valence-corrected chi connectivity index (χ2v) is 7.26. The number of benzene rings is 1. The van der Waals surface area contributed by atoms with Crippen LogP contribution < -0.4 is 4.74 Å². The maximum Gasteiger partial charge on any atom is 0.243 e. The molecule has 0 radical (unpaired) electrons. The highest BCUT2D eigenvalue weighted by atomic mass is 32.2. The molecule has 1 unspecified atom stereocenters. The molecule has 1 amide bonds. The summed E-state index contributed by atoms with van der Waals surface area (Å²) in [4.78, 5) is 13.7. The molecule has 0 bridgehead atoms. The van der Waals surface area contributed by atoms with Gasteiger partial charge in [-0.25, -0.2) is 8.42 Å². The number of carbonyl (C=O) groups excluding carboxylic acids is 1. The van der Waals surface area contributed by atoms with Crippen molar-refractivity contribution in [2.45, 2.75) is 23.8 Å². The summed E-state index contributed by atoms with van der Waals surface area (Å²) in [5, 5.41) is 0. The highest BCUT2D eigenvalue weighted by Gasteiger charge is 2.39. The van der Waals surface area contributed by atoms with Gasteiger partial charge in [-0.3, -0.25) is 4.79 Å². The number of rotatable bonds is 3. The number of carbonyl (C=O) groups is 1. The van der Waals surface area contributed by atoms with Crippen molar-refractivity contribution in [2.24, 2.45) is 0 Å². The molecule has 3 rings (SSSR count). The van der Waals surface area contributed by atoms with Crippen LogP contribution in [0.2, 0.25) is 0 Å². The Morgan fingerprint density at radius 1 is 1.19 bits per heavy atom. The number of amides is 1. The molecule has 7 heteroatoms. The highest BCUT2D eigenvalue weighted by Crippen LogP contribution is 2.27. The smallest absolute Gasteiger partial charge is 0.243 e. The topological polar surface area (TPSA) is 66.9 Å². The number of methoxy groups -OCH3 is 1. The quantitative estimate of drug-likeness (QED) is 0.824. The van der Waals surface area contributed by atoms with E-state index in [-0.39, 0.29) is 16.8 Å². The van der Waals surface area contributed by atoms with Crippen molar-refractivity contribution in [1.82, 2.24) is 9.21 Å². The Bertz CT molecular complexity index is 641. The van der Waals surface area contributed by atoms with Gasteiger partial charge in [0.15, 0.2) is 0 Å². The molecule has 0 aromatic heterocycles. The van der Waals surface area contributed by atoms with Crippen molar-refractivity contribution in [3.8, 4) is 5.75 Å². The Kier molecular flexibility index (Phi) is 3.62. The van der Waals surface area contributed by atoms with E-state index >= 15 is 0 Å². The molecule has 0 saturated carbocycles. The van der Waals surface area contributed by atoms with Crippen LogP contribution in [0.3, 0.4) is 0 Å². The molecular weight excluding hydrogens is 292 g/mol. The van der Waals surface area contributed by atoms with Gasteiger partial charge in [0.1, 0.15) is 5.75 Å². The number of piperazine rings is 1. The first-order valence-corrected chi connectivity index (χ1v) is 8.40. The molecule has 2 heterocycles. The lowest BCUT2D eigenvalue weighted by molar-refractivity contribution is -0.130. The van der Waals surface area contributed by atoms with E-state index in [9.17, 15) is 13.2 Å². The van der Waals surface area contributed by atoms with E-state index in [2.05, 4.69) is 0 Å². The number of sulfonamides is 1. The zero-order valence-electron chi connectivity index (χ0n) is 11.9. The fraction of sp³-hybridized carbons (Fsp3) is 0.500. The van der Waals surface area contributed by atoms with Crippen LogP contribution in [0.1, 0.15) is 12.8 Å². The van der Waals surface area contributed by atoms with Gasteiger partial charge < -0.3 is 9.64 Å². The van der Waals surface area contributed by atoms with E-state index in [0.29, 0.717) is 31.8 Å². The second-order valence-electron chi connectivity index (χ2n) is 5.32. The molecule has 6 nitrogen and oxygen atoms in total. The lowest BCUT2D eigenvalue weighted by Gasteiger charge is -2.36. The van der Waals surface area contributed by atoms with Crippen LogP contribution in [0.25, 0.3) is 0 Å². The van der Waals surface area contributed by atoms with Crippen LogP contribution in [0.5, 0.6) is 5.75 Å². The molecule has 0 spiro atoms. The van der Waals surface area contributed by atoms with Crippen LogP contribution in [-0.4, -0.2) is 56.3 Å². The average Bonchev–Trinajstić information content (AvgIpc) is 2.88. The summed E-state index contributed by atoms with van der Waals surface area (Å²) in [6.45, 7) is 1.23. The predicted octanol–water partition coefficient (Wildman–Crippen LogP) is 0.690. The minimum Gasteiger partial charge on any atom is -0.497 e. The summed E-state index contributed by atoms with van der Waals surface area (Å²) in [6.07, 6.45) is 1.27. The van der Waals surface area contributed by atoms with Gasteiger partial charge in [0.25, 0.3) is 0 Å². The molecule has 1 aromatic rings. The molecule has 21 heavy (non-hydrogen) atoms. The van der Waals surface area contributed by atoms with Gasteiger partial charge >= 0.3 is 0 Å². The Hall–Kier alpha value is -1.60. The van der Waals surface area contributed by atoms with Crippen molar-refractivity contribution < 1.29 is 17.9 Å². The summed E-state index contributed by atoms with van der Waals surface area (Å²) in [5.74, 6) is 0.765. The first-order chi connectivity index (χ1) is 10.0. The van der Waals surface area contributed by atoms with E-state index in [1.54, 1.807) is 36.3 Å². The van der Waals surface area contributed by atoms with Crippen molar-refractivity contribution in [3.63, 3.8) is 0 Å². The van der Waals surface area contributed by atoms with Gasteiger partial charge in [0.05, 0.1) is 12.0 Å². The zero-order valence-corrected chi connectivity index (χ0v) is 12.7. The first kappa shape index (κ1) is 14.3. The highest BCUT2D eigenvalue weighted by molar-refractivity contribution is 7.89. The lowest BCUT2D eigenvalue weighted by atomic mass is 10.2. The zero-order chi connectivity index (χ0) is 15.0. The maximum atomic E-state index is 12.6. The largest absolute Gasteiger partial charge is 0.497 e. The van der Waals surface area contributed by atoms with E-state index in [1.807, 2.05) is 0 Å². The van der Waals surface area contributed by atoms with Gasteiger partial charge in [-0.2, -0.15) is 4.31 Å². The molecule has 0 N–H and O–H groups in total. The van der Waals surface area contributed by atoms with Crippen molar-refractivity contribution >= 4 is 15.9 Å². The third-order valence-corrected chi connectivity index (χ3v) is 6.03. The van der Waals surface area contributed by atoms with E-state index in [4.69, 9.17) is 4.74 Å². The number of hydrogen-bond donors (Lipinski definition) is 0. The second kappa shape index (κ2) is 5.31. The van der Waals surface area contributed by atoms with E-state index in [0.717, 1.165) is 6.42 Å². The maximum absolute atomic E-state index is 12.6. The minimum absolute atomic E-state index is 0.0271. The Balaban J connectivity index is 1.80. The SMILES string of the molecule is COc1ccc(S(=O)(=O)N2CCN3C(=O)CCC3C2)cc1. The predicted molar refractivity (Wildman–Crippen MR) is 76.5 cm³/mol. The molecular formula is C14H18N2O4S. The molecule has 2 aliphatic heterocycles. The number of fused-ring (bicyclic) bond motifs is 1. The Morgan fingerprint density at radius 3 is 2.57 bits per heavy atom. The van der Waals surface area contributed by atoms with Gasteiger partial charge in [-0.15, -0.1) is 0 Å². The van der Waals surface area contributed by atoms with Gasteiger partial charge in [-0.05, 0) is 30.7 Å². The van der Waals surface area contributed by atoms with Crippen molar-refractivity contribution in [1.29, 1.82) is 0 Å². The van der Waals surface area contributed by atoms with Gasteiger partial charge in [0.2, 0.25) is 15.9 Å². The number of ether oxygens (including phenoxy) is 1. The molecule has 114 valence electrons. The summed E-state index contributed by atoms with van der Waals surface area (Å²) in [7, 11) is -1.96. The van der Waals surface area contributed by atoms with Gasteiger partial charge in [0, 0.05) is 32.1 Å². The first-order valence-electron chi connectivity index (χ1n) is 6.96. The Morgan fingerprint density at radius 2 is 1.90 bits per heavy atom. The molecule has 2 aliphatic rings. The number of hydrogen-bond acceptors (Lipinski definition) is 4. The fourth-order valence-electron chi connectivity index (χ4n) is 2.95. The summed E-state index contributed by atoms with van der Waals surface area (Å²) < 4.78 is 31.8. The lowest BCUT2D eigenvalue weighted by Crippen LogP contribution is -2.53. The van der Waals surface area contributed by atoms with Crippen LogP contribution in [0.15, 0.2) is 29.2 Å². The fourth-order valence-corrected chi connectivity index (χ4v) is 4.42. The monoisotopic (exact) mass is 310 g/mol. The van der Waals surface area contributed by atoms with Crippen molar-refractivity contribution in [3.05, 3.63) is 24.3 Å². The van der Waals surface area contributed by atoms with Crippen LogP contribution >= 0.6 is 0 Å². The van der Waals surface area contributed by atoms with Crippen molar-refractivity contribution in [2.75, 3.05) is 26.7 Å². The van der Waals surface area contributed by atoms with E-state index < -0.39 is 10.0 Å². The van der Waals surface area contributed by atoms with Gasteiger partial charge in [-0.1, -0.05) is 0 Å². The molecule has 0 aliphatic carbocycles. The Labute approximate surface area is 124 Å². The molecule has 2 saturated heterocycles. The average molecular weight is 310 g/mol. The van der Waals surface area contributed by atoms with Crippen LogP contribution in [0.4, 0.5) is 0 Å². The summed E-state index contributed by atoms with van der Waals surface area (Å²) in [6, 6.07) is 6.42. The molecule has 2 fully saturated rings.